The number of carbonyl (C=O) groups excluding carboxylic acids is 2. The van der Waals surface area contributed by atoms with Crippen LogP contribution in [-0.2, 0) is 9.59 Å². The summed E-state index contributed by atoms with van der Waals surface area (Å²) >= 11 is 0. The van der Waals surface area contributed by atoms with E-state index in [-0.39, 0.29) is 0 Å². The van der Waals surface area contributed by atoms with Gasteiger partial charge < -0.3 is 0 Å². The number of hydrogen-bond donors (Lipinski definition) is 0. The minimum Gasteiger partial charge on any atom is -0.299 e. The van der Waals surface area contributed by atoms with E-state index in [1.54, 1.807) is 12.2 Å². The van der Waals surface area contributed by atoms with Gasteiger partial charge >= 0.3 is 0 Å². The second kappa shape index (κ2) is 15.7. The van der Waals surface area contributed by atoms with Gasteiger partial charge in [-0.1, -0.05) is 22.3 Å². The third kappa shape index (κ3) is 20.6. The third-order valence-corrected chi connectivity index (χ3v) is 3.05. The Kier molecular flexibility index (Phi) is 16.1. The molecule has 2 heteroatoms. The molecule has 0 aromatic carbocycles. The SMILES string of the molecule is C=C(C)CCC/C(C)=C/C=O.C=C(C)CCC/C(C)=C\C=O. The van der Waals surface area contributed by atoms with Crippen molar-refractivity contribution in [3.05, 3.63) is 47.6 Å². The van der Waals surface area contributed by atoms with Crippen molar-refractivity contribution in [2.75, 3.05) is 0 Å². The lowest BCUT2D eigenvalue weighted by Crippen LogP contribution is -1.80. The maximum Gasteiger partial charge on any atom is 0.142 e. The molecule has 124 valence electrons. The number of aldehydes is 2. The first-order chi connectivity index (χ1) is 10.3. The zero-order valence-electron chi connectivity index (χ0n) is 14.8. The molecule has 0 unspecified atom stereocenters. The van der Waals surface area contributed by atoms with Gasteiger partial charge in [-0.3, -0.25) is 9.59 Å². The van der Waals surface area contributed by atoms with Crippen LogP contribution in [0, 0.1) is 0 Å². The molecule has 0 heterocycles. The molecule has 0 bridgehead atoms. The van der Waals surface area contributed by atoms with Crippen molar-refractivity contribution < 1.29 is 9.59 Å². The minimum absolute atomic E-state index is 0.843. The Morgan fingerprint density at radius 2 is 1.00 bits per heavy atom. The monoisotopic (exact) mass is 304 g/mol. The van der Waals surface area contributed by atoms with E-state index in [1.807, 2.05) is 27.7 Å². The van der Waals surface area contributed by atoms with Crippen LogP contribution in [0.5, 0.6) is 0 Å². The van der Waals surface area contributed by atoms with E-state index in [0.29, 0.717) is 0 Å². The van der Waals surface area contributed by atoms with Gasteiger partial charge in [-0.2, -0.15) is 0 Å². The normalized spacial score (nSPS) is 11.3. The lowest BCUT2D eigenvalue weighted by atomic mass is 10.1. The van der Waals surface area contributed by atoms with Crippen LogP contribution in [0.4, 0.5) is 0 Å². The van der Waals surface area contributed by atoms with E-state index < -0.39 is 0 Å². The summed E-state index contributed by atoms with van der Waals surface area (Å²) in [7, 11) is 0. The Bertz CT molecular complexity index is 371. The Balaban J connectivity index is 0. The third-order valence-electron chi connectivity index (χ3n) is 3.05. The van der Waals surface area contributed by atoms with Gasteiger partial charge in [-0.15, -0.1) is 13.2 Å². The summed E-state index contributed by atoms with van der Waals surface area (Å²) < 4.78 is 0. The summed E-state index contributed by atoms with van der Waals surface area (Å²) in [5.41, 5.74) is 4.73. The van der Waals surface area contributed by atoms with E-state index in [4.69, 9.17) is 0 Å². The predicted octanol–water partition coefficient (Wildman–Crippen LogP) is 5.76. The summed E-state index contributed by atoms with van der Waals surface area (Å²) in [5.74, 6) is 0. The van der Waals surface area contributed by atoms with Crippen LogP contribution in [0.25, 0.3) is 0 Å². The van der Waals surface area contributed by atoms with Crippen molar-refractivity contribution in [1.82, 2.24) is 0 Å². The van der Waals surface area contributed by atoms with Gasteiger partial charge in [-0.25, -0.2) is 0 Å². The van der Waals surface area contributed by atoms with Crippen LogP contribution in [0.15, 0.2) is 47.6 Å². The van der Waals surface area contributed by atoms with E-state index in [2.05, 4.69) is 13.2 Å². The molecule has 0 fully saturated rings. The fourth-order valence-corrected chi connectivity index (χ4v) is 1.74. The van der Waals surface area contributed by atoms with E-state index in [1.165, 1.54) is 11.1 Å². The van der Waals surface area contributed by atoms with Gasteiger partial charge in [0.15, 0.2) is 0 Å². The van der Waals surface area contributed by atoms with Crippen molar-refractivity contribution in [3.63, 3.8) is 0 Å². The summed E-state index contributed by atoms with van der Waals surface area (Å²) in [6.45, 7) is 15.6. The van der Waals surface area contributed by atoms with Crippen molar-refractivity contribution in [2.45, 2.75) is 66.2 Å². The second-order valence-electron chi connectivity index (χ2n) is 5.92. The smallest absolute Gasteiger partial charge is 0.142 e. The molecule has 0 atom stereocenters. The molecule has 0 saturated heterocycles. The van der Waals surface area contributed by atoms with E-state index >= 15 is 0 Å². The fraction of sp³-hybridized carbons (Fsp3) is 0.500. The lowest BCUT2D eigenvalue weighted by molar-refractivity contribution is -0.104. The Hall–Kier alpha value is -1.70. The Morgan fingerprint density at radius 1 is 0.682 bits per heavy atom. The second-order valence-corrected chi connectivity index (χ2v) is 5.92. The summed E-state index contributed by atoms with van der Waals surface area (Å²) in [6.07, 6.45) is 11.3. The van der Waals surface area contributed by atoms with Crippen LogP contribution in [0.1, 0.15) is 66.2 Å². The van der Waals surface area contributed by atoms with Gasteiger partial charge in [0.25, 0.3) is 0 Å². The van der Waals surface area contributed by atoms with Crippen molar-refractivity contribution >= 4 is 12.6 Å². The summed E-state index contributed by atoms with van der Waals surface area (Å²) in [5, 5.41) is 0. The topological polar surface area (TPSA) is 34.1 Å². The lowest BCUT2D eigenvalue weighted by Gasteiger charge is -1.98. The molecule has 0 aliphatic heterocycles. The largest absolute Gasteiger partial charge is 0.299 e. The summed E-state index contributed by atoms with van der Waals surface area (Å²) in [4.78, 5) is 20.0. The molecule has 2 nitrogen and oxygen atoms in total. The van der Waals surface area contributed by atoms with Gasteiger partial charge in [0.05, 0.1) is 0 Å². The maximum absolute atomic E-state index is 10.0. The Morgan fingerprint density at radius 3 is 1.23 bits per heavy atom. The van der Waals surface area contributed by atoms with Crippen LogP contribution in [0.3, 0.4) is 0 Å². The molecule has 22 heavy (non-hydrogen) atoms. The molecule has 0 aliphatic rings. The summed E-state index contributed by atoms with van der Waals surface area (Å²) in [6, 6.07) is 0. The van der Waals surface area contributed by atoms with Crippen molar-refractivity contribution in [2.24, 2.45) is 0 Å². The molecule has 0 amide bonds. The predicted molar refractivity (Wildman–Crippen MR) is 97.0 cm³/mol. The van der Waals surface area contributed by atoms with Crippen molar-refractivity contribution in [1.29, 1.82) is 0 Å². The molecule has 0 aromatic rings. The molecule has 0 aromatic heterocycles. The highest BCUT2D eigenvalue weighted by atomic mass is 16.1. The number of carbonyl (C=O) groups is 2. The number of allylic oxidation sites excluding steroid dienone is 6. The quantitative estimate of drug-likeness (QED) is 0.292. The highest BCUT2D eigenvalue weighted by Crippen LogP contribution is 2.10. The van der Waals surface area contributed by atoms with Crippen LogP contribution < -0.4 is 0 Å². The molecule has 0 radical (unpaired) electrons. The minimum atomic E-state index is 0.843. The highest BCUT2D eigenvalue weighted by Gasteiger charge is 1.91. The van der Waals surface area contributed by atoms with Gasteiger partial charge in [-0.05, 0) is 78.4 Å². The van der Waals surface area contributed by atoms with Gasteiger partial charge in [0, 0.05) is 0 Å². The zero-order valence-corrected chi connectivity index (χ0v) is 14.8. The molecule has 0 N–H and O–H groups in total. The highest BCUT2D eigenvalue weighted by molar-refractivity contribution is 5.66. The number of hydrogen-bond acceptors (Lipinski definition) is 2. The average molecular weight is 304 g/mol. The fourth-order valence-electron chi connectivity index (χ4n) is 1.74. The molecule has 0 rings (SSSR count). The van der Waals surface area contributed by atoms with Gasteiger partial charge in [0.2, 0.25) is 0 Å². The first-order valence-electron chi connectivity index (χ1n) is 7.84. The molecule has 0 aliphatic carbocycles. The van der Waals surface area contributed by atoms with Crippen molar-refractivity contribution in [3.8, 4) is 0 Å². The van der Waals surface area contributed by atoms with Crippen LogP contribution >= 0.6 is 0 Å². The molecule has 0 saturated carbocycles. The molecular formula is C20H32O2. The van der Waals surface area contributed by atoms with E-state index in [0.717, 1.165) is 62.2 Å². The standard InChI is InChI=1S/2C10H16O/c2*1-9(2)5-4-6-10(3)7-8-11/h2*7-8H,1,4-6H2,2-3H3/b10-7+;10-7-. The van der Waals surface area contributed by atoms with E-state index in [9.17, 15) is 9.59 Å². The van der Waals surface area contributed by atoms with Gasteiger partial charge in [0.1, 0.15) is 12.6 Å². The zero-order chi connectivity index (χ0) is 17.4. The van der Waals surface area contributed by atoms with Crippen LogP contribution in [-0.4, -0.2) is 12.6 Å². The van der Waals surface area contributed by atoms with Crippen LogP contribution in [0.2, 0.25) is 0 Å². The first-order valence-corrected chi connectivity index (χ1v) is 7.84. The molecular weight excluding hydrogens is 272 g/mol. The first kappa shape index (κ1) is 22.6. The molecule has 0 spiro atoms. The maximum atomic E-state index is 10.0. The average Bonchev–Trinajstić information content (AvgIpc) is 2.39. The Labute approximate surface area is 136 Å². The number of rotatable bonds is 10.